The van der Waals surface area contributed by atoms with Crippen molar-refractivity contribution in [3.8, 4) is 0 Å². The number of fused-ring (bicyclic) bond motifs is 1. The Balaban J connectivity index is 1.35. The van der Waals surface area contributed by atoms with E-state index in [9.17, 15) is 28.4 Å². The molecule has 5 atom stereocenters. The van der Waals surface area contributed by atoms with Gasteiger partial charge in [-0.1, -0.05) is 34.8 Å². The second-order valence-corrected chi connectivity index (χ2v) is 12.5. The first-order chi connectivity index (χ1) is 20.7. The maximum absolute atomic E-state index is 13.7. The summed E-state index contributed by atoms with van der Waals surface area (Å²) in [5, 5.41) is 25.3. The summed E-state index contributed by atoms with van der Waals surface area (Å²) in [5.41, 5.74) is 0.514. The molecule has 3 aliphatic rings. The minimum atomic E-state index is -4.39. The van der Waals surface area contributed by atoms with E-state index in [1.54, 1.807) is 0 Å². The highest BCUT2D eigenvalue weighted by atomic mass is 32.2. The van der Waals surface area contributed by atoms with Crippen LogP contribution in [0.25, 0.3) is 0 Å². The number of nitro groups is 1. The minimum Gasteiger partial charge on any atom is -0.443 e. The Hall–Kier alpha value is -3.18. The summed E-state index contributed by atoms with van der Waals surface area (Å²) in [4.78, 5) is 29.2. The lowest BCUT2D eigenvalue weighted by molar-refractivity contribution is -0.384. The SMILES string of the molecule is O=C(N[C@@H](Cc1ccccc1)[C@H](O)CN(OC1CCOCC1)S(=O)(=O)c1ccc([N+](=O)[O-])cc1)OC1CO[C@H]2OCC[C@@H]12. The van der Waals surface area contributed by atoms with Crippen molar-refractivity contribution in [1.29, 1.82) is 0 Å². The number of aliphatic hydroxyl groups is 1. The molecular formula is C28H35N3O11S. The summed E-state index contributed by atoms with van der Waals surface area (Å²) in [6.07, 6.45) is -1.96. The van der Waals surface area contributed by atoms with Crippen molar-refractivity contribution in [3.63, 3.8) is 0 Å². The van der Waals surface area contributed by atoms with Crippen LogP contribution in [-0.2, 0) is 40.2 Å². The zero-order valence-corrected chi connectivity index (χ0v) is 24.2. The number of nitrogens with one attached hydrogen (secondary N) is 1. The molecule has 0 spiro atoms. The molecule has 1 amide bonds. The second-order valence-electron chi connectivity index (χ2n) is 10.6. The van der Waals surface area contributed by atoms with Crippen LogP contribution >= 0.6 is 0 Å². The Morgan fingerprint density at radius 1 is 1.07 bits per heavy atom. The minimum absolute atomic E-state index is 0.0848. The number of hydrogen-bond acceptors (Lipinski definition) is 11. The fourth-order valence-electron chi connectivity index (χ4n) is 5.30. The molecule has 0 saturated carbocycles. The second kappa shape index (κ2) is 14.1. The zero-order valence-electron chi connectivity index (χ0n) is 23.4. The Kier molecular flexibility index (Phi) is 10.2. The molecule has 0 bridgehead atoms. The number of ether oxygens (including phenoxy) is 4. The van der Waals surface area contributed by atoms with E-state index in [1.807, 2.05) is 30.3 Å². The van der Waals surface area contributed by atoms with Crippen molar-refractivity contribution in [3.05, 3.63) is 70.3 Å². The maximum atomic E-state index is 13.7. The number of hydroxylamine groups is 1. The molecule has 0 aliphatic carbocycles. The molecule has 0 aromatic heterocycles. The standard InChI is InChI=1S/C28H35N3O11S/c32-25(17-30(42-21-10-13-38-14-11-21)43(36,37)22-8-6-20(7-9-22)31(34)35)24(16-19-4-2-1-3-5-19)29-28(33)41-26-18-40-27-23(26)12-15-39-27/h1-9,21,23-27,32H,10-18H2,(H,29,33)/t23-,24-,25+,26?,27+/m0/s1. The smallest absolute Gasteiger partial charge is 0.407 e. The van der Waals surface area contributed by atoms with Crippen LogP contribution < -0.4 is 5.32 Å². The van der Waals surface area contributed by atoms with E-state index in [-0.39, 0.29) is 29.5 Å². The van der Waals surface area contributed by atoms with E-state index in [1.165, 1.54) is 0 Å². The largest absolute Gasteiger partial charge is 0.443 e. The Morgan fingerprint density at radius 2 is 1.79 bits per heavy atom. The molecule has 5 rings (SSSR count). The van der Waals surface area contributed by atoms with Crippen molar-refractivity contribution < 1.29 is 47.0 Å². The van der Waals surface area contributed by atoms with Crippen molar-refractivity contribution in [2.45, 2.75) is 61.2 Å². The van der Waals surface area contributed by atoms with Gasteiger partial charge in [-0.25, -0.2) is 13.2 Å². The van der Waals surface area contributed by atoms with Crippen LogP contribution in [0.5, 0.6) is 0 Å². The third-order valence-corrected chi connectivity index (χ3v) is 9.33. The Bertz CT molecular complexity index is 1340. The first-order valence-electron chi connectivity index (χ1n) is 14.1. The quantitative estimate of drug-likeness (QED) is 0.262. The molecular weight excluding hydrogens is 586 g/mol. The number of carbonyl (C=O) groups excluding carboxylic acids is 1. The summed E-state index contributed by atoms with van der Waals surface area (Å²) >= 11 is 0. The van der Waals surface area contributed by atoms with Gasteiger partial charge in [0, 0.05) is 25.3 Å². The highest BCUT2D eigenvalue weighted by Crippen LogP contribution is 2.33. The molecule has 14 nitrogen and oxygen atoms in total. The van der Waals surface area contributed by atoms with E-state index in [4.69, 9.17) is 23.8 Å². The van der Waals surface area contributed by atoms with Crippen LogP contribution in [0.4, 0.5) is 10.5 Å². The molecule has 15 heteroatoms. The summed E-state index contributed by atoms with van der Waals surface area (Å²) < 4.78 is 50.2. The van der Waals surface area contributed by atoms with Gasteiger partial charge < -0.3 is 29.4 Å². The third-order valence-electron chi connectivity index (χ3n) is 7.69. The van der Waals surface area contributed by atoms with Gasteiger partial charge in [-0.2, -0.15) is 0 Å². The number of nitro benzene ring substituents is 1. The number of hydrogen-bond donors (Lipinski definition) is 2. The monoisotopic (exact) mass is 621 g/mol. The molecule has 3 saturated heterocycles. The lowest BCUT2D eigenvalue weighted by atomic mass is 10.0. The van der Waals surface area contributed by atoms with Crippen LogP contribution in [0.1, 0.15) is 24.8 Å². The maximum Gasteiger partial charge on any atom is 0.407 e. The molecule has 3 fully saturated rings. The van der Waals surface area contributed by atoms with Gasteiger partial charge in [0.15, 0.2) is 6.29 Å². The van der Waals surface area contributed by atoms with Crippen LogP contribution in [0.2, 0.25) is 0 Å². The molecule has 3 aliphatic heterocycles. The first-order valence-corrected chi connectivity index (χ1v) is 15.6. The number of alkyl carbamates (subject to hydrolysis) is 1. The molecule has 2 N–H and O–H groups in total. The van der Waals surface area contributed by atoms with E-state index in [0.717, 1.165) is 29.8 Å². The van der Waals surface area contributed by atoms with Gasteiger partial charge in [0.1, 0.15) is 6.10 Å². The normalized spacial score (nSPS) is 23.9. The third kappa shape index (κ3) is 7.86. The van der Waals surface area contributed by atoms with Crippen LogP contribution in [0, 0.1) is 16.0 Å². The number of aliphatic hydroxyl groups excluding tert-OH is 1. The summed E-state index contributed by atoms with van der Waals surface area (Å²) in [6, 6.07) is 12.5. The predicted octanol–water partition coefficient (Wildman–Crippen LogP) is 2.16. The number of nitrogens with zero attached hydrogens (tertiary/aromatic N) is 2. The predicted molar refractivity (Wildman–Crippen MR) is 149 cm³/mol. The van der Waals surface area contributed by atoms with Gasteiger partial charge in [-0.05, 0) is 43.4 Å². The molecule has 3 heterocycles. The van der Waals surface area contributed by atoms with Crippen molar-refractivity contribution in [1.82, 2.24) is 9.79 Å². The fourth-order valence-corrected chi connectivity index (χ4v) is 6.60. The first kappa shape index (κ1) is 31.3. The lowest BCUT2D eigenvalue weighted by Gasteiger charge is -2.32. The van der Waals surface area contributed by atoms with Crippen LogP contribution in [0.3, 0.4) is 0 Å². The summed E-state index contributed by atoms with van der Waals surface area (Å²) in [7, 11) is -4.39. The van der Waals surface area contributed by atoms with Gasteiger partial charge in [-0.15, -0.1) is 0 Å². The molecule has 43 heavy (non-hydrogen) atoms. The number of non-ortho nitro benzene ring substituents is 1. The molecule has 1 unspecified atom stereocenters. The highest BCUT2D eigenvalue weighted by molar-refractivity contribution is 7.89. The van der Waals surface area contributed by atoms with Gasteiger partial charge in [0.2, 0.25) is 0 Å². The Labute approximate surface area is 249 Å². The molecule has 2 aromatic rings. The average Bonchev–Trinajstić information content (AvgIpc) is 3.63. The lowest BCUT2D eigenvalue weighted by Crippen LogP contribution is -2.52. The number of benzene rings is 2. The van der Waals surface area contributed by atoms with Crippen molar-refractivity contribution in [2.75, 3.05) is 33.0 Å². The fraction of sp³-hybridized carbons (Fsp3) is 0.536. The number of rotatable bonds is 12. The molecule has 2 aromatic carbocycles. The van der Waals surface area contributed by atoms with Gasteiger partial charge in [0.25, 0.3) is 15.7 Å². The molecule has 234 valence electrons. The van der Waals surface area contributed by atoms with Crippen molar-refractivity contribution in [2.24, 2.45) is 5.92 Å². The molecule has 0 radical (unpaired) electrons. The number of amides is 1. The average molecular weight is 622 g/mol. The topological polar surface area (TPSA) is 176 Å². The van der Waals surface area contributed by atoms with Crippen LogP contribution in [0.15, 0.2) is 59.5 Å². The van der Waals surface area contributed by atoms with E-state index in [2.05, 4.69) is 5.32 Å². The van der Waals surface area contributed by atoms with E-state index >= 15 is 0 Å². The number of sulfonamides is 1. The zero-order chi connectivity index (χ0) is 30.4. The van der Waals surface area contributed by atoms with Gasteiger partial charge >= 0.3 is 6.09 Å². The summed E-state index contributed by atoms with van der Waals surface area (Å²) in [5.74, 6) is -0.0848. The van der Waals surface area contributed by atoms with Crippen molar-refractivity contribution >= 4 is 21.8 Å². The summed E-state index contributed by atoms with van der Waals surface area (Å²) in [6.45, 7) is 0.910. The van der Waals surface area contributed by atoms with E-state index < -0.39 is 58.2 Å². The van der Waals surface area contributed by atoms with E-state index in [0.29, 0.717) is 43.6 Å². The van der Waals surface area contributed by atoms with Gasteiger partial charge in [-0.3, -0.25) is 15.0 Å². The highest BCUT2D eigenvalue weighted by Gasteiger charge is 2.44. The Morgan fingerprint density at radius 3 is 2.49 bits per heavy atom. The van der Waals surface area contributed by atoms with Crippen LogP contribution in [-0.4, -0.2) is 92.6 Å². The van der Waals surface area contributed by atoms with Gasteiger partial charge in [0.05, 0.1) is 53.7 Å². The number of carbonyl (C=O) groups is 1.